The van der Waals surface area contributed by atoms with E-state index in [4.69, 9.17) is 0 Å². The van der Waals surface area contributed by atoms with Crippen molar-refractivity contribution in [3.05, 3.63) is 51.4 Å². The molecule has 0 atom stereocenters. The van der Waals surface area contributed by atoms with Gasteiger partial charge in [0.2, 0.25) is 5.91 Å². The summed E-state index contributed by atoms with van der Waals surface area (Å²) in [6, 6.07) is 7.60. The fraction of sp³-hybridized carbons (Fsp3) is 0.353. The van der Waals surface area contributed by atoms with Crippen LogP contribution in [0.1, 0.15) is 23.2 Å². The van der Waals surface area contributed by atoms with Crippen LogP contribution in [0.4, 0.5) is 5.69 Å². The van der Waals surface area contributed by atoms with Crippen LogP contribution < -0.4 is 10.9 Å². The molecule has 6 heteroatoms. The van der Waals surface area contributed by atoms with Crippen LogP contribution in [0.25, 0.3) is 0 Å². The molecule has 3 rings (SSSR count). The van der Waals surface area contributed by atoms with E-state index in [0.717, 1.165) is 41.8 Å². The molecule has 0 bridgehead atoms. The molecule has 1 heterocycles. The van der Waals surface area contributed by atoms with E-state index in [-0.39, 0.29) is 18.0 Å². The quantitative estimate of drug-likeness (QED) is 0.691. The van der Waals surface area contributed by atoms with Gasteiger partial charge in [0.15, 0.2) is 5.16 Å². The molecule has 1 aromatic heterocycles. The first kappa shape index (κ1) is 15.8. The van der Waals surface area contributed by atoms with Crippen LogP contribution in [0, 0.1) is 6.92 Å². The Hall–Kier alpha value is -2.08. The van der Waals surface area contributed by atoms with Gasteiger partial charge < -0.3 is 5.32 Å². The van der Waals surface area contributed by atoms with Gasteiger partial charge in [0, 0.05) is 11.3 Å². The van der Waals surface area contributed by atoms with Crippen molar-refractivity contribution in [3.8, 4) is 0 Å². The van der Waals surface area contributed by atoms with Crippen LogP contribution in [0.3, 0.4) is 0 Å². The average molecular weight is 329 g/mol. The number of thioether (sulfide) groups is 1. The number of nitrogens with zero attached hydrogens (tertiary/aromatic N) is 2. The standard InChI is InChI=1S/C17H19N3O2S/c1-11-5-3-6-12(9-11)18-15(21)10-20-16(22)13-7-4-8-14(13)19-17(20)23-2/h3,5-6,9H,4,7-8,10H2,1-2H3,(H,18,21). The zero-order chi connectivity index (χ0) is 16.4. The molecule has 0 saturated heterocycles. The topological polar surface area (TPSA) is 64.0 Å². The molecule has 0 spiro atoms. The molecule has 1 aromatic carbocycles. The number of hydrogen-bond acceptors (Lipinski definition) is 4. The number of rotatable bonds is 4. The second-order valence-electron chi connectivity index (χ2n) is 5.69. The maximum atomic E-state index is 12.6. The Bertz CT molecular complexity index is 814. The summed E-state index contributed by atoms with van der Waals surface area (Å²) in [5.41, 5.74) is 3.41. The Morgan fingerprint density at radius 3 is 2.96 bits per heavy atom. The van der Waals surface area contributed by atoms with Crippen molar-refractivity contribution < 1.29 is 4.79 Å². The first-order valence-electron chi connectivity index (χ1n) is 7.61. The van der Waals surface area contributed by atoms with Crippen molar-refractivity contribution in [3.63, 3.8) is 0 Å². The highest BCUT2D eigenvalue weighted by Gasteiger charge is 2.21. The predicted octanol–water partition coefficient (Wildman–Crippen LogP) is 2.40. The summed E-state index contributed by atoms with van der Waals surface area (Å²) in [7, 11) is 0. The van der Waals surface area contributed by atoms with Crippen LogP contribution >= 0.6 is 11.8 Å². The molecular weight excluding hydrogens is 310 g/mol. The third kappa shape index (κ3) is 3.32. The number of anilines is 1. The summed E-state index contributed by atoms with van der Waals surface area (Å²) in [4.78, 5) is 29.5. The van der Waals surface area contributed by atoms with Crippen molar-refractivity contribution in [1.29, 1.82) is 0 Å². The molecular formula is C17H19N3O2S. The van der Waals surface area contributed by atoms with Crippen LogP contribution in [-0.4, -0.2) is 21.7 Å². The first-order chi connectivity index (χ1) is 11.1. The van der Waals surface area contributed by atoms with E-state index in [2.05, 4.69) is 10.3 Å². The van der Waals surface area contributed by atoms with Crippen LogP contribution in [0.5, 0.6) is 0 Å². The van der Waals surface area contributed by atoms with Gasteiger partial charge in [-0.25, -0.2) is 4.98 Å². The van der Waals surface area contributed by atoms with Gasteiger partial charge in [-0.2, -0.15) is 0 Å². The zero-order valence-electron chi connectivity index (χ0n) is 13.3. The van der Waals surface area contributed by atoms with E-state index in [1.165, 1.54) is 16.3 Å². The third-order valence-corrected chi connectivity index (χ3v) is 4.62. The van der Waals surface area contributed by atoms with Gasteiger partial charge in [-0.3, -0.25) is 14.2 Å². The highest BCUT2D eigenvalue weighted by Crippen LogP contribution is 2.20. The molecule has 1 amide bonds. The summed E-state index contributed by atoms with van der Waals surface area (Å²) < 4.78 is 1.49. The summed E-state index contributed by atoms with van der Waals surface area (Å²) in [5.74, 6) is -0.215. The number of carbonyl (C=O) groups excluding carboxylic acids is 1. The molecule has 0 radical (unpaired) electrons. The molecule has 23 heavy (non-hydrogen) atoms. The smallest absolute Gasteiger partial charge is 0.258 e. The Labute approximate surface area is 139 Å². The number of aryl methyl sites for hydroxylation is 2. The lowest BCUT2D eigenvalue weighted by Gasteiger charge is -2.13. The van der Waals surface area contributed by atoms with E-state index in [1.807, 2.05) is 37.4 Å². The van der Waals surface area contributed by atoms with Gasteiger partial charge in [-0.15, -0.1) is 0 Å². The molecule has 1 aliphatic carbocycles. The molecule has 120 valence electrons. The van der Waals surface area contributed by atoms with Crippen molar-refractivity contribution in [2.45, 2.75) is 37.9 Å². The molecule has 1 N–H and O–H groups in total. The van der Waals surface area contributed by atoms with Gasteiger partial charge in [0.25, 0.3) is 5.56 Å². The number of hydrogen-bond donors (Lipinski definition) is 1. The highest BCUT2D eigenvalue weighted by atomic mass is 32.2. The number of nitrogens with one attached hydrogen (secondary N) is 1. The number of fused-ring (bicyclic) bond motifs is 1. The van der Waals surface area contributed by atoms with Crippen molar-refractivity contribution in [2.24, 2.45) is 0 Å². The van der Waals surface area contributed by atoms with Gasteiger partial charge >= 0.3 is 0 Å². The first-order valence-corrected chi connectivity index (χ1v) is 8.84. The summed E-state index contributed by atoms with van der Waals surface area (Å²) >= 11 is 1.40. The number of aromatic nitrogens is 2. The molecule has 0 unspecified atom stereocenters. The van der Waals surface area contributed by atoms with E-state index in [1.54, 1.807) is 0 Å². The fourth-order valence-corrected chi connectivity index (χ4v) is 3.44. The molecule has 0 aliphatic heterocycles. The van der Waals surface area contributed by atoms with Crippen LogP contribution in [0.2, 0.25) is 0 Å². The minimum absolute atomic E-state index is 0.0107. The van der Waals surface area contributed by atoms with Crippen molar-refractivity contribution >= 4 is 23.4 Å². The average Bonchev–Trinajstić information content (AvgIpc) is 2.98. The Kier molecular flexibility index (Phi) is 4.52. The molecule has 2 aromatic rings. The lowest BCUT2D eigenvalue weighted by atomic mass is 10.2. The number of amides is 1. The van der Waals surface area contributed by atoms with Gasteiger partial charge in [-0.1, -0.05) is 23.9 Å². The van der Waals surface area contributed by atoms with Crippen LogP contribution in [-0.2, 0) is 24.2 Å². The number of carbonyl (C=O) groups is 1. The Morgan fingerprint density at radius 2 is 2.22 bits per heavy atom. The highest BCUT2D eigenvalue weighted by molar-refractivity contribution is 7.98. The van der Waals surface area contributed by atoms with Gasteiger partial charge in [0.05, 0.1) is 5.69 Å². The zero-order valence-corrected chi connectivity index (χ0v) is 14.1. The van der Waals surface area contributed by atoms with Crippen molar-refractivity contribution in [1.82, 2.24) is 9.55 Å². The van der Waals surface area contributed by atoms with E-state index in [0.29, 0.717) is 5.16 Å². The van der Waals surface area contributed by atoms with Crippen molar-refractivity contribution in [2.75, 3.05) is 11.6 Å². The third-order valence-electron chi connectivity index (χ3n) is 3.94. The minimum atomic E-state index is -0.215. The summed E-state index contributed by atoms with van der Waals surface area (Å²) in [5, 5.41) is 3.45. The molecule has 1 aliphatic rings. The van der Waals surface area contributed by atoms with Gasteiger partial charge in [0.1, 0.15) is 6.54 Å². The Morgan fingerprint density at radius 1 is 1.39 bits per heavy atom. The normalized spacial score (nSPS) is 13.0. The lowest BCUT2D eigenvalue weighted by Crippen LogP contribution is -2.32. The largest absolute Gasteiger partial charge is 0.325 e. The second-order valence-corrected chi connectivity index (χ2v) is 6.46. The molecule has 5 nitrogen and oxygen atoms in total. The lowest BCUT2D eigenvalue weighted by molar-refractivity contribution is -0.116. The fourth-order valence-electron chi connectivity index (χ4n) is 2.87. The maximum Gasteiger partial charge on any atom is 0.258 e. The number of benzene rings is 1. The predicted molar refractivity (Wildman–Crippen MR) is 92.1 cm³/mol. The van der Waals surface area contributed by atoms with E-state index < -0.39 is 0 Å². The van der Waals surface area contributed by atoms with E-state index >= 15 is 0 Å². The monoisotopic (exact) mass is 329 g/mol. The molecule has 0 saturated carbocycles. The SMILES string of the molecule is CSc1nc2c(c(=O)n1CC(=O)Nc1cccc(C)c1)CCC2. The maximum absolute atomic E-state index is 12.6. The second kappa shape index (κ2) is 6.58. The van der Waals surface area contributed by atoms with Crippen LogP contribution in [0.15, 0.2) is 34.2 Å². The van der Waals surface area contributed by atoms with E-state index in [9.17, 15) is 9.59 Å². The van der Waals surface area contributed by atoms with Gasteiger partial charge in [-0.05, 0) is 50.1 Å². The minimum Gasteiger partial charge on any atom is -0.325 e. The summed E-state index contributed by atoms with van der Waals surface area (Å²) in [6.45, 7) is 1.96. The summed E-state index contributed by atoms with van der Waals surface area (Å²) in [6.07, 6.45) is 4.45. The Balaban J connectivity index is 1.85. The molecule has 0 fully saturated rings.